The zero-order valence-corrected chi connectivity index (χ0v) is 21.3. The fourth-order valence-electron chi connectivity index (χ4n) is 3.63. The summed E-state index contributed by atoms with van der Waals surface area (Å²) in [5.74, 6) is 0.475. The Labute approximate surface area is 209 Å². The molecular weight excluding hydrogens is 517 g/mol. The van der Waals surface area contributed by atoms with Crippen molar-refractivity contribution >= 4 is 58.4 Å². The molecule has 1 saturated heterocycles. The normalized spacial score (nSPS) is 18.1. The predicted octanol–water partition coefficient (Wildman–Crippen LogP) is 2.92. The molecule has 176 valence electrons. The molecule has 0 saturated carbocycles. The van der Waals surface area contributed by atoms with Gasteiger partial charge >= 0.3 is 0 Å². The number of carbonyl (C=O) groups excluding carboxylic acids is 2. The lowest BCUT2D eigenvalue weighted by Crippen LogP contribution is -2.50. The topological polar surface area (TPSA) is 109 Å². The second-order valence-electron chi connectivity index (χ2n) is 7.82. The lowest BCUT2D eigenvalue weighted by molar-refractivity contribution is -0.129. The number of anilines is 1. The average molecular weight is 547 g/mol. The SMILES string of the molecule is Cc1nc(N)ccc1CNC(=O)[C@H](C)NC(=O)[C@H]1C[C@H](Cc2ccc(Br)cc2)CN1.Cl.Cl. The third-order valence-electron chi connectivity index (χ3n) is 5.40. The maximum atomic E-state index is 12.6. The number of nitrogens with one attached hydrogen (secondary N) is 3. The summed E-state index contributed by atoms with van der Waals surface area (Å²) in [5, 5.41) is 8.94. The van der Waals surface area contributed by atoms with Crippen LogP contribution in [0.2, 0.25) is 0 Å². The van der Waals surface area contributed by atoms with Crippen LogP contribution in [0, 0.1) is 12.8 Å². The van der Waals surface area contributed by atoms with Crippen LogP contribution in [0.25, 0.3) is 0 Å². The largest absolute Gasteiger partial charge is 0.384 e. The van der Waals surface area contributed by atoms with E-state index in [2.05, 4.69) is 49.0 Å². The number of amides is 2. The van der Waals surface area contributed by atoms with E-state index in [-0.39, 0.29) is 42.7 Å². The van der Waals surface area contributed by atoms with Gasteiger partial charge in [-0.15, -0.1) is 24.8 Å². The van der Waals surface area contributed by atoms with E-state index in [1.54, 1.807) is 13.0 Å². The number of carbonyl (C=O) groups is 2. The molecule has 1 aliphatic heterocycles. The van der Waals surface area contributed by atoms with Gasteiger partial charge in [-0.3, -0.25) is 9.59 Å². The van der Waals surface area contributed by atoms with Gasteiger partial charge in [0.05, 0.1) is 6.04 Å². The van der Waals surface area contributed by atoms with E-state index < -0.39 is 6.04 Å². The molecule has 2 amide bonds. The number of aromatic nitrogens is 1. The van der Waals surface area contributed by atoms with Gasteiger partial charge in [-0.1, -0.05) is 34.1 Å². The number of pyridine rings is 1. The lowest BCUT2D eigenvalue weighted by atomic mass is 9.96. The second kappa shape index (κ2) is 13.0. The van der Waals surface area contributed by atoms with Crippen LogP contribution in [-0.4, -0.2) is 35.4 Å². The average Bonchev–Trinajstić information content (AvgIpc) is 3.17. The Morgan fingerprint density at radius 3 is 2.56 bits per heavy atom. The first-order valence-corrected chi connectivity index (χ1v) is 10.9. The molecule has 7 nitrogen and oxygen atoms in total. The van der Waals surface area contributed by atoms with Gasteiger partial charge in [0.2, 0.25) is 11.8 Å². The summed E-state index contributed by atoms with van der Waals surface area (Å²) in [6.45, 7) is 4.67. The maximum absolute atomic E-state index is 12.6. The quantitative estimate of drug-likeness (QED) is 0.427. The van der Waals surface area contributed by atoms with Crippen LogP contribution in [-0.2, 0) is 22.6 Å². The van der Waals surface area contributed by atoms with Gasteiger partial charge in [-0.05, 0) is 68.5 Å². The standard InChI is InChI=1S/C22H28BrN5O2.2ClH/c1-13-17(5-8-20(24)27-13)12-26-21(29)14(2)28-22(30)19-10-16(11-25-19)9-15-3-6-18(23)7-4-15;;/h3-8,14,16,19,25H,9-12H2,1-2H3,(H2,24,27)(H,26,29)(H,28,30);2*1H/t14-,16-,19+;;/m0../s1. The molecule has 2 aromatic rings. The monoisotopic (exact) mass is 545 g/mol. The molecule has 2 heterocycles. The smallest absolute Gasteiger partial charge is 0.242 e. The summed E-state index contributed by atoms with van der Waals surface area (Å²) >= 11 is 3.45. The van der Waals surface area contributed by atoms with E-state index in [0.29, 0.717) is 18.3 Å². The molecule has 3 atom stereocenters. The highest BCUT2D eigenvalue weighted by molar-refractivity contribution is 9.10. The van der Waals surface area contributed by atoms with Gasteiger partial charge in [-0.25, -0.2) is 4.98 Å². The van der Waals surface area contributed by atoms with Gasteiger partial charge in [0, 0.05) is 16.7 Å². The summed E-state index contributed by atoms with van der Waals surface area (Å²) in [6, 6.07) is 10.9. The zero-order chi connectivity index (χ0) is 21.7. The van der Waals surface area contributed by atoms with Gasteiger partial charge in [0.15, 0.2) is 0 Å². The summed E-state index contributed by atoms with van der Waals surface area (Å²) in [4.78, 5) is 29.2. The van der Waals surface area contributed by atoms with Crippen molar-refractivity contribution in [2.45, 2.75) is 45.3 Å². The molecule has 5 N–H and O–H groups in total. The number of benzene rings is 1. The molecule has 1 fully saturated rings. The minimum absolute atomic E-state index is 0. The van der Waals surface area contributed by atoms with E-state index in [1.807, 2.05) is 25.1 Å². The Morgan fingerprint density at radius 2 is 1.91 bits per heavy atom. The summed E-state index contributed by atoms with van der Waals surface area (Å²) in [7, 11) is 0. The van der Waals surface area contributed by atoms with Crippen LogP contribution in [0.1, 0.15) is 30.2 Å². The Kier molecular flexibility index (Phi) is 11.4. The molecule has 10 heteroatoms. The number of nitrogens with zero attached hydrogens (tertiary/aromatic N) is 1. The number of nitrogens with two attached hydrogens (primary N) is 1. The van der Waals surface area contributed by atoms with Gasteiger partial charge in [0.1, 0.15) is 11.9 Å². The molecule has 1 aromatic carbocycles. The molecule has 0 aliphatic carbocycles. The highest BCUT2D eigenvalue weighted by atomic mass is 79.9. The van der Waals surface area contributed by atoms with Crippen molar-refractivity contribution in [3.8, 4) is 0 Å². The fraction of sp³-hybridized carbons (Fsp3) is 0.409. The third kappa shape index (κ3) is 7.92. The minimum atomic E-state index is -0.619. The van der Waals surface area contributed by atoms with E-state index in [9.17, 15) is 9.59 Å². The second-order valence-corrected chi connectivity index (χ2v) is 8.74. The van der Waals surface area contributed by atoms with Crippen molar-refractivity contribution in [3.05, 3.63) is 57.7 Å². The maximum Gasteiger partial charge on any atom is 0.242 e. The van der Waals surface area contributed by atoms with Crippen molar-refractivity contribution in [1.29, 1.82) is 0 Å². The Hall–Kier alpha value is -1.87. The number of aryl methyl sites for hydroxylation is 1. The molecular formula is C22H30BrCl2N5O2. The number of hydrogen-bond donors (Lipinski definition) is 4. The first kappa shape index (κ1) is 28.2. The first-order valence-electron chi connectivity index (χ1n) is 10.1. The Morgan fingerprint density at radius 1 is 1.22 bits per heavy atom. The highest BCUT2D eigenvalue weighted by Crippen LogP contribution is 2.21. The predicted molar refractivity (Wildman–Crippen MR) is 135 cm³/mol. The third-order valence-corrected chi connectivity index (χ3v) is 5.93. The Balaban J connectivity index is 0.00000256. The zero-order valence-electron chi connectivity index (χ0n) is 18.1. The van der Waals surface area contributed by atoms with Gasteiger partial charge in [-0.2, -0.15) is 0 Å². The van der Waals surface area contributed by atoms with Crippen LogP contribution in [0.3, 0.4) is 0 Å². The molecule has 1 aliphatic rings. The minimum Gasteiger partial charge on any atom is -0.384 e. The first-order chi connectivity index (χ1) is 14.3. The number of hydrogen-bond acceptors (Lipinski definition) is 5. The molecule has 0 radical (unpaired) electrons. The van der Waals surface area contributed by atoms with Gasteiger partial charge < -0.3 is 21.7 Å². The lowest BCUT2D eigenvalue weighted by Gasteiger charge is -2.17. The molecule has 0 bridgehead atoms. The van der Waals surface area contributed by atoms with Crippen LogP contribution in [0.5, 0.6) is 0 Å². The molecule has 0 spiro atoms. The van der Waals surface area contributed by atoms with Crippen LogP contribution in [0.15, 0.2) is 40.9 Å². The van der Waals surface area contributed by atoms with Crippen molar-refractivity contribution in [1.82, 2.24) is 20.9 Å². The Bertz CT molecular complexity index is 914. The molecule has 0 unspecified atom stereocenters. The van der Waals surface area contributed by atoms with Crippen molar-refractivity contribution in [2.75, 3.05) is 12.3 Å². The molecule has 1 aromatic heterocycles. The molecule has 32 heavy (non-hydrogen) atoms. The highest BCUT2D eigenvalue weighted by Gasteiger charge is 2.30. The summed E-state index contributed by atoms with van der Waals surface area (Å²) in [5.41, 5.74) is 8.58. The van der Waals surface area contributed by atoms with Crippen LogP contribution >= 0.6 is 40.7 Å². The number of rotatable bonds is 7. The summed E-state index contributed by atoms with van der Waals surface area (Å²) < 4.78 is 1.06. The van der Waals surface area contributed by atoms with E-state index in [1.165, 1.54) is 5.56 Å². The van der Waals surface area contributed by atoms with Crippen LogP contribution < -0.4 is 21.7 Å². The van der Waals surface area contributed by atoms with E-state index in [4.69, 9.17) is 5.73 Å². The fourth-order valence-corrected chi connectivity index (χ4v) is 3.89. The van der Waals surface area contributed by atoms with E-state index in [0.717, 1.165) is 35.1 Å². The van der Waals surface area contributed by atoms with Crippen molar-refractivity contribution in [2.24, 2.45) is 5.92 Å². The summed E-state index contributed by atoms with van der Waals surface area (Å²) in [6.07, 6.45) is 1.68. The van der Waals surface area contributed by atoms with Crippen molar-refractivity contribution in [3.63, 3.8) is 0 Å². The van der Waals surface area contributed by atoms with Crippen LogP contribution in [0.4, 0.5) is 5.82 Å². The number of halogens is 3. The molecule has 3 rings (SSSR count). The van der Waals surface area contributed by atoms with E-state index >= 15 is 0 Å². The number of nitrogen functional groups attached to an aromatic ring is 1. The van der Waals surface area contributed by atoms with Crippen molar-refractivity contribution < 1.29 is 9.59 Å². The van der Waals surface area contributed by atoms with Gasteiger partial charge in [0.25, 0.3) is 0 Å².